The summed E-state index contributed by atoms with van der Waals surface area (Å²) in [4.78, 5) is 27.0. The van der Waals surface area contributed by atoms with Crippen LogP contribution in [-0.2, 0) is 14.1 Å². The Hall–Kier alpha value is -1.99. The highest BCUT2D eigenvalue weighted by Crippen LogP contribution is 2.38. The van der Waals surface area contributed by atoms with E-state index in [2.05, 4.69) is 10.3 Å². The normalized spacial score (nSPS) is 19.0. The molecule has 2 rings (SSSR count). The van der Waals surface area contributed by atoms with E-state index in [9.17, 15) is 9.59 Å². The molecule has 134 valence electrons. The zero-order valence-electron chi connectivity index (χ0n) is 15.7. The van der Waals surface area contributed by atoms with Crippen molar-refractivity contribution < 1.29 is 18.9 Å². The topological polar surface area (TPSA) is 77.5 Å². The second-order valence-electron chi connectivity index (χ2n) is 7.28. The molecule has 1 saturated heterocycles. The maximum Gasteiger partial charge on any atom is 0.492 e. The van der Waals surface area contributed by atoms with Gasteiger partial charge in [-0.1, -0.05) is 6.08 Å². The van der Waals surface area contributed by atoms with E-state index in [-0.39, 0.29) is 18.2 Å². The van der Waals surface area contributed by atoms with E-state index in [0.717, 1.165) is 11.0 Å². The van der Waals surface area contributed by atoms with E-state index >= 15 is 0 Å². The lowest BCUT2D eigenvalue weighted by atomic mass is 9.77. The first-order valence-electron chi connectivity index (χ1n) is 8.28. The minimum absolute atomic E-state index is 0.0539. The molecule has 0 aromatic carbocycles. The predicted octanol–water partition coefficient (Wildman–Crippen LogP) is 2.44. The van der Waals surface area contributed by atoms with E-state index in [1.165, 1.54) is 20.0 Å². The van der Waals surface area contributed by atoms with E-state index in [4.69, 9.17) is 9.31 Å². The van der Waals surface area contributed by atoms with Gasteiger partial charge in [0.25, 0.3) is 0 Å². The fourth-order valence-electron chi connectivity index (χ4n) is 2.37. The van der Waals surface area contributed by atoms with Crippen molar-refractivity contribution in [3.63, 3.8) is 0 Å². The lowest BCUT2D eigenvalue weighted by Crippen LogP contribution is -2.41. The molecule has 0 unspecified atom stereocenters. The molecule has 1 aliphatic heterocycles. The van der Waals surface area contributed by atoms with Gasteiger partial charge in [0.1, 0.15) is 0 Å². The largest absolute Gasteiger partial charge is 0.492 e. The number of nitrogens with one attached hydrogen (secondary N) is 1. The molecule has 0 aliphatic carbocycles. The minimum atomic E-state index is -0.585. The number of hydrogen-bond acceptors (Lipinski definition) is 5. The summed E-state index contributed by atoms with van der Waals surface area (Å²) in [7, 11) is -0.585. The average Bonchev–Trinajstić information content (AvgIpc) is 2.71. The molecule has 6 nitrogen and oxygen atoms in total. The monoisotopic (exact) mass is 344 g/mol. The summed E-state index contributed by atoms with van der Waals surface area (Å²) in [5, 5.41) is 2.78. The van der Waals surface area contributed by atoms with Crippen LogP contribution in [0.15, 0.2) is 23.9 Å². The smallest absolute Gasteiger partial charge is 0.400 e. The van der Waals surface area contributed by atoms with Crippen molar-refractivity contribution in [1.29, 1.82) is 0 Å². The van der Waals surface area contributed by atoms with Crippen molar-refractivity contribution in [2.75, 3.05) is 6.54 Å². The number of ketones is 1. The second-order valence-corrected chi connectivity index (χ2v) is 7.28. The number of hydrogen-bond donors (Lipinski definition) is 1. The van der Waals surface area contributed by atoms with Crippen molar-refractivity contribution in [3.8, 4) is 0 Å². The first-order valence-corrected chi connectivity index (χ1v) is 8.28. The van der Waals surface area contributed by atoms with Crippen molar-refractivity contribution >= 4 is 24.9 Å². The van der Waals surface area contributed by atoms with Crippen molar-refractivity contribution in [2.24, 2.45) is 0 Å². The molecule has 1 fully saturated rings. The minimum Gasteiger partial charge on any atom is -0.400 e. The molecule has 2 heterocycles. The van der Waals surface area contributed by atoms with E-state index in [1.807, 2.05) is 33.8 Å². The Morgan fingerprint density at radius 1 is 1.16 bits per heavy atom. The van der Waals surface area contributed by atoms with Gasteiger partial charge in [-0.2, -0.15) is 0 Å². The van der Waals surface area contributed by atoms with Crippen LogP contribution in [0.25, 0.3) is 6.08 Å². The van der Waals surface area contributed by atoms with Gasteiger partial charge in [-0.25, -0.2) is 0 Å². The molecular weight excluding hydrogens is 319 g/mol. The Morgan fingerprint density at radius 3 is 2.28 bits per heavy atom. The van der Waals surface area contributed by atoms with Crippen LogP contribution in [0.2, 0.25) is 0 Å². The number of nitrogens with zero attached hydrogens (tertiary/aromatic N) is 1. The van der Waals surface area contributed by atoms with E-state index in [1.54, 1.807) is 12.3 Å². The average molecular weight is 344 g/mol. The van der Waals surface area contributed by atoms with Crippen molar-refractivity contribution in [1.82, 2.24) is 10.3 Å². The van der Waals surface area contributed by atoms with E-state index < -0.39 is 18.3 Å². The molecule has 0 bridgehead atoms. The molecule has 25 heavy (non-hydrogen) atoms. The third-order valence-electron chi connectivity index (χ3n) is 4.62. The molecule has 1 aliphatic rings. The van der Waals surface area contributed by atoms with Gasteiger partial charge in [0.2, 0.25) is 5.91 Å². The molecule has 0 radical (unpaired) electrons. The van der Waals surface area contributed by atoms with Crippen molar-refractivity contribution in [3.05, 3.63) is 35.1 Å². The Kier molecular flexibility index (Phi) is 5.49. The highest BCUT2D eigenvalue weighted by molar-refractivity contribution is 6.56. The van der Waals surface area contributed by atoms with E-state index in [0.29, 0.717) is 5.56 Å². The van der Waals surface area contributed by atoms with Crippen LogP contribution in [0.4, 0.5) is 0 Å². The summed E-state index contributed by atoms with van der Waals surface area (Å²) < 4.78 is 12.2. The zero-order chi connectivity index (χ0) is 18.8. The molecule has 7 heteroatoms. The third kappa shape index (κ3) is 4.55. The fraction of sp³-hybridized carbons (Fsp3) is 0.500. The van der Waals surface area contributed by atoms with Gasteiger partial charge in [-0.05, 0) is 51.7 Å². The highest BCUT2D eigenvalue weighted by atomic mass is 16.7. The number of rotatable bonds is 5. The van der Waals surface area contributed by atoms with Crippen LogP contribution in [0, 0.1) is 0 Å². The molecule has 0 saturated carbocycles. The Balaban J connectivity index is 2.35. The van der Waals surface area contributed by atoms with Crippen LogP contribution < -0.4 is 5.32 Å². The Morgan fingerprint density at radius 2 is 1.76 bits per heavy atom. The number of aromatic nitrogens is 1. The second kappa shape index (κ2) is 7.10. The Labute approximate surface area is 149 Å². The zero-order valence-corrected chi connectivity index (χ0v) is 15.7. The lowest BCUT2D eigenvalue weighted by molar-refractivity contribution is -0.118. The number of carbonyl (C=O) groups excluding carboxylic acids is 2. The summed E-state index contributed by atoms with van der Waals surface area (Å²) in [6.07, 6.45) is 5.03. The first-order chi connectivity index (χ1) is 11.5. The van der Waals surface area contributed by atoms with Crippen LogP contribution in [0.3, 0.4) is 0 Å². The number of carbonyl (C=O) groups is 2. The molecule has 1 aromatic heterocycles. The number of pyridine rings is 1. The maximum absolute atomic E-state index is 11.6. The quantitative estimate of drug-likeness (QED) is 0.656. The van der Waals surface area contributed by atoms with Gasteiger partial charge in [0, 0.05) is 31.4 Å². The summed E-state index contributed by atoms with van der Waals surface area (Å²) in [5.41, 5.74) is 1.08. The summed E-state index contributed by atoms with van der Waals surface area (Å²) in [6, 6.07) is 1.76. The highest BCUT2D eigenvalue weighted by Gasteiger charge is 2.52. The summed E-state index contributed by atoms with van der Waals surface area (Å²) in [5.74, 6) is -0.195. The van der Waals surface area contributed by atoms with Crippen LogP contribution in [0.5, 0.6) is 0 Å². The SMILES string of the molecule is CC(=O)NCC(=Cc1cncc(C(C)=O)c1)B1OC(C)(C)C(C)(C)O1. The molecule has 0 spiro atoms. The first kappa shape index (κ1) is 19.3. The number of amides is 1. The molecular formula is C18H25BN2O4. The standard InChI is InChI=1S/C18H25BN2O4/c1-12(22)15-7-14(9-20-10-15)8-16(11-21-13(2)23)19-24-17(3,4)18(5,6)25-19/h7-10H,11H2,1-6H3,(H,21,23). The third-order valence-corrected chi connectivity index (χ3v) is 4.62. The van der Waals surface area contributed by atoms with Crippen LogP contribution >= 0.6 is 0 Å². The van der Waals surface area contributed by atoms with Gasteiger partial charge in [0.15, 0.2) is 5.78 Å². The number of Topliss-reactive ketones (excluding diaryl/α,β-unsaturated/α-hetero) is 1. The van der Waals surface area contributed by atoms with Crippen LogP contribution in [0.1, 0.15) is 57.5 Å². The maximum atomic E-state index is 11.6. The van der Waals surface area contributed by atoms with Crippen LogP contribution in [-0.4, -0.2) is 41.5 Å². The fourth-order valence-corrected chi connectivity index (χ4v) is 2.37. The van der Waals surface area contributed by atoms with Gasteiger partial charge in [-0.15, -0.1) is 0 Å². The predicted molar refractivity (Wildman–Crippen MR) is 97.0 cm³/mol. The van der Waals surface area contributed by atoms with Gasteiger partial charge >= 0.3 is 7.12 Å². The lowest BCUT2D eigenvalue weighted by Gasteiger charge is -2.32. The van der Waals surface area contributed by atoms with Crippen molar-refractivity contribution in [2.45, 2.75) is 52.7 Å². The van der Waals surface area contributed by atoms with Gasteiger partial charge in [0.05, 0.1) is 11.2 Å². The van der Waals surface area contributed by atoms with Gasteiger partial charge in [-0.3, -0.25) is 14.6 Å². The molecule has 0 atom stereocenters. The van der Waals surface area contributed by atoms with Gasteiger partial charge < -0.3 is 14.6 Å². The Bertz CT molecular complexity index is 697. The molecule has 1 amide bonds. The molecule has 1 aromatic rings. The molecule has 1 N–H and O–H groups in total. The summed E-state index contributed by atoms with van der Waals surface area (Å²) >= 11 is 0. The summed E-state index contributed by atoms with van der Waals surface area (Å²) in [6.45, 7) is 11.1.